The highest BCUT2D eigenvalue weighted by molar-refractivity contribution is 9.10. The minimum Gasteiger partial charge on any atom is -0.298 e. The van der Waals surface area contributed by atoms with Crippen molar-refractivity contribution < 1.29 is 9.23 Å². The maximum atomic E-state index is 13.2. The van der Waals surface area contributed by atoms with Gasteiger partial charge in [0.05, 0.1) is 10.6 Å². The molecule has 0 radical (unpaired) electrons. The molecule has 0 aliphatic heterocycles. The van der Waals surface area contributed by atoms with Gasteiger partial charge in [-0.05, 0) is 46.5 Å². The Morgan fingerprint density at radius 2 is 2.12 bits per heavy atom. The van der Waals surface area contributed by atoms with E-state index in [2.05, 4.69) is 21.4 Å². The van der Waals surface area contributed by atoms with Gasteiger partial charge in [0.15, 0.2) is 0 Å². The van der Waals surface area contributed by atoms with E-state index in [0.717, 1.165) is 18.4 Å². The lowest BCUT2D eigenvalue weighted by molar-refractivity contribution is -0.0244. The Morgan fingerprint density at radius 1 is 1.38 bits per heavy atom. The number of halogens is 2. The largest absolute Gasteiger partial charge is 0.298 e. The fourth-order valence-corrected chi connectivity index (χ4v) is 2.15. The van der Waals surface area contributed by atoms with E-state index in [4.69, 9.17) is 4.84 Å². The Hall–Kier alpha value is -0.450. The Balaban J connectivity index is 1.78. The number of hydrogen-bond donors (Lipinski definition) is 1. The van der Waals surface area contributed by atoms with Gasteiger partial charge in [-0.1, -0.05) is 18.9 Å². The summed E-state index contributed by atoms with van der Waals surface area (Å²) in [5.41, 5.74) is 3.80. The number of hydroxylamine groups is 1. The molecule has 88 valence electrons. The summed E-state index contributed by atoms with van der Waals surface area (Å²) >= 11 is 3.12. The summed E-state index contributed by atoms with van der Waals surface area (Å²) < 4.78 is 13.7. The molecule has 16 heavy (non-hydrogen) atoms. The van der Waals surface area contributed by atoms with Crippen LogP contribution in [0, 0.1) is 5.82 Å². The zero-order valence-electron chi connectivity index (χ0n) is 9.01. The van der Waals surface area contributed by atoms with Crippen molar-refractivity contribution in [1.29, 1.82) is 0 Å². The second-order valence-corrected chi connectivity index (χ2v) is 4.95. The van der Waals surface area contributed by atoms with E-state index in [-0.39, 0.29) is 5.82 Å². The van der Waals surface area contributed by atoms with Crippen LogP contribution in [0.5, 0.6) is 0 Å². The minimum absolute atomic E-state index is 0.236. The first-order valence-corrected chi connectivity index (χ1v) is 6.37. The van der Waals surface area contributed by atoms with Crippen LogP contribution in [-0.2, 0) is 11.4 Å². The molecule has 1 aliphatic rings. The number of hydrogen-bond acceptors (Lipinski definition) is 2. The van der Waals surface area contributed by atoms with Crippen molar-refractivity contribution in [2.24, 2.45) is 0 Å². The Bertz CT molecular complexity index is 353. The van der Waals surface area contributed by atoms with Crippen LogP contribution in [0.2, 0.25) is 0 Å². The van der Waals surface area contributed by atoms with Crippen molar-refractivity contribution in [2.45, 2.75) is 38.3 Å². The highest BCUT2D eigenvalue weighted by Gasteiger charge is 2.15. The average Bonchev–Trinajstić information content (AvgIpc) is 2.76. The lowest BCUT2D eigenvalue weighted by Gasteiger charge is -2.11. The molecule has 0 heterocycles. The van der Waals surface area contributed by atoms with Crippen LogP contribution in [0.1, 0.15) is 31.2 Å². The lowest BCUT2D eigenvalue weighted by atomic mass is 10.2. The van der Waals surface area contributed by atoms with Crippen LogP contribution in [-0.4, -0.2) is 6.10 Å². The van der Waals surface area contributed by atoms with Crippen molar-refractivity contribution in [3.8, 4) is 0 Å². The molecule has 0 saturated heterocycles. The molecule has 1 N–H and O–H groups in total. The summed E-state index contributed by atoms with van der Waals surface area (Å²) in [7, 11) is 0. The van der Waals surface area contributed by atoms with Crippen molar-refractivity contribution in [2.75, 3.05) is 0 Å². The monoisotopic (exact) mass is 287 g/mol. The van der Waals surface area contributed by atoms with Crippen molar-refractivity contribution in [3.05, 3.63) is 34.1 Å². The highest BCUT2D eigenvalue weighted by Crippen LogP contribution is 2.20. The maximum Gasteiger partial charge on any atom is 0.137 e. The number of rotatable bonds is 4. The SMILES string of the molecule is Fc1cc(CNOC2CCCC2)ccc1Br. The summed E-state index contributed by atoms with van der Waals surface area (Å²) in [5.74, 6) is -0.236. The smallest absolute Gasteiger partial charge is 0.137 e. The Morgan fingerprint density at radius 3 is 2.81 bits per heavy atom. The van der Waals surface area contributed by atoms with Gasteiger partial charge in [-0.15, -0.1) is 0 Å². The standard InChI is InChI=1S/C12H15BrFNO/c13-11-6-5-9(7-12(11)14)8-15-16-10-3-1-2-4-10/h5-7,10,15H,1-4,8H2. The van der Waals surface area contributed by atoms with Crippen LogP contribution in [0.15, 0.2) is 22.7 Å². The third-order valence-corrected chi connectivity index (χ3v) is 3.46. The molecule has 0 aromatic heterocycles. The first-order chi connectivity index (χ1) is 7.75. The highest BCUT2D eigenvalue weighted by atomic mass is 79.9. The zero-order chi connectivity index (χ0) is 11.4. The van der Waals surface area contributed by atoms with Gasteiger partial charge in [0.25, 0.3) is 0 Å². The molecule has 0 atom stereocenters. The van der Waals surface area contributed by atoms with Gasteiger partial charge in [-0.25, -0.2) is 4.39 Å². The van der Waals surface area contributed by atoms with Crippen molar-refractivity contribution in [3.63, 3.8) is 0 Å². The normalized spacial score (nSPS) is 16.9. The fourth-order valence-electron chi connectivity index (χ4n) is 1.90. The fraction of sp³-hybridized carbons (Fsp3) is 0.500. The number of benzene rings is 1. The van der Waals surface area contributed by atoms with Gasteiger partial charge in [-0.2, -0.15) is 5.48 Å². The van der Waals surface area contributed by atoms with Crippen LogP contribution in [0.4, 0.5) is 4.39 Å². The molecule has 2 rings (SSSR count). The Labute approximate surface area is 103 Å². The molecule has 2 nitrogen and oxygen atoms in total. The molecule has 0 unspecified atom stereocenters. The second-order valence-electron chi connectivity index (χ2n) is 4.09. The van der Waals surface area contributed by atoms with E-state index in [9.17, 15) is 4.39 Å². The number of nitrogens with one attached hydrogen (secondary N) is 1. The summed E-state index contributed by atoms with van der Waals surface area (Å²) in [6, 6.07) is 5.09. The Kier molecular flexibility index (Phi) is 4.32. The summed E-state index contributed by atoms with van der Waals surface area (Å²) in [6.07, 6.45) is 5.09. The van der Waals surface area contributed by atoms with Crippen LogP contribution in [0.3, 0.4) is 0 Å². The third kappa shape index (κ3) is 3.27. The molecular weight excluding hydrogens is 273 g/mol. The molecular formula is C12H15BrFNO. The van der Waals surface area contributed by atoms with E-state index in [1.165, 1.54) is 18.9 Å². The van der Waals surface area contributed by atoms with E-state index >= 15 is 0 Å². The second kappa shape index (κ2) is 5.75. The molecule has 0 spiro atoms. The lowest BCUT2D eigenvalue weighted by Crippen LogP contribution is -2.21. The van der Waals surface area contributed by atoms with Crippen molar-refractivity contribution >= 4 is 15.9 Å². The van der Waals surface area contributed by atoms with Gasteiger partial charge in [-0.3, -0.25) is 4.84 Å². The summed E-state index contributed by atoms with van der Waals surface area (Å²) in [5, 5.41) is 0. The molecule has 1 saturated carbocycles. The van der Waals surface area contributed by atoms with Crippen LogP contribution >= 0.6 is 15.9 Å². The predicted octanol–water partition coefficient (Wildman–Crippen LogP) is 3.55. The van der Waals surface area contributed by atoms with Crippen LogP contribution < -0.4 is 5.48 Å². The predicted molar refractivity (Wildman–Crippen MR) is 64.3 cm³/mol. The molecule has 1 aliphatic carbocycles. The van der Waals surface area contributed by atoms with Gasteiger partial charge in [0, 0.05) is 6.54 Å². The molecule has 1 aromatic rings. The first kappa shape index (κ1) is 12.0. The van der Waals surface area contributed by atoms with E-state index in [1.54, 1.807) is 6.07 Å². The van der Waals surface area contributed by atoms with E-state index < -0.39 is 0 Å². The molecule has 0 amide bonds. The van der Waals surface area contributed by atoms with Gasteiger partial charge >= 0.3 is 0 Å². The molecule has 0 bridgehead atoms. The molecule has 4 heteroatoms. The zero-order valence-corrected chi connectivity index (χ0v) is 10.6. The van der Waals surface area contributed by atoms with Crippen molar-refractivity contribution in [1.82, 2.24) is 5.48 Å². The van der Waals surface area contributed by atoms with Crippen LogP contribution in [0.25, 0.3) is 0 Å². The van der Waals surface area contributed by atoms with Gasteiger partial charge in [0.2, 0.25) is 0 Å². The summed E-state index contributed by atoms with van der Waals surface area (Å²) in [6.45, 7) is 0.542. The molecule has 1 fully saturated rings. The maximum absolute atomic E-state index is 13.2. The minimum atomic E-state index is -0.236. The van der Waals surface area contributed by atoms with Gasteiger partial charge < -0.3 is 0 Å². The summed E-state index contributed by atoms with van der Waals surface area (Å²) in [4.78, 5) is 5.49. The van der Waals surface area contributed by atoms with E-state index in [0.29, 0.717) is 17.1 Å². The quantitative estimate of drug-likeness (QED) is 0.855. The third-order valence-electron chi connectivity index (χ3n) is 2.81. The first-order valence-electron chi connectivity index (χ1n) is 5.58. The molecule has 1 aromatic carbocycles. The average molecular weight is 288 g/mol. The topological polar surface area (TPSA) is 21.3 Å². The van der Waals surface area contributed by atoms with Gasteiger partial charge in [0.1, 0.15) is 5.82 Å². The van der Waals surface area contributed by atoms with E-state index in [1.807, 2.05) is 6.07 Å².